The highest BCUT2D eigenvalue weighted by Gasteiger charge is 2.36. The summed E-state index contributed by atoms with van der Waals surface area (Å²) in [6, 6.07) is -4.20. The van der Waals surface area contributed by atoms with Gasteiger partial charge >= 0.3 is 6.18 Å². The zero-order chi connectivity index (χ0) is 24.6. The summed E-state index contributed by atoms with van der Waals surface area (Å²) in [5.74, 6) is -1.93. The average molecular weight is 369 g/mol. The molecule has 2 atom stereocenters. The van der Waals surface area contributed by atoms with Gasteiger partial charge in [-0.2, -0.15) is 28.1 Å². The van der Waals surface area contributed by atoms with Crippen molar-refractivity contribution in [1.29, 1.82) is 0 Å². The van der Waals surface area contributed by atoms with Crippen LogP contribution in [0.4, 0.5) is 25.1 Å². The molecule has 10 heteroatoms. The maximum atomic E-state index is 13.3. The molecule has 0 saturated heterocycles. The Bertz CT molecular complexity index is 971. The molecule has 0 spiro atoms. The lowest BCUT2D eigenvalue weighted by Crippen LogP contribution is -2.34. The molecule has 6 nitrogen and oxygen atoms in total. The lowest BCUT2D eigenvalue weighted by molar-refractivity contribution is -0.138. The van der Waals surface area contributed by atoms with Crippen LogP contribution in [0.2, 0.25) is 5.15 Å². The van der Waals surface area contributed by atoms with Crippen molar-refractivity contribution in [3.05, 3.63) is 23.3 Å². The second-order valence-corrected chi connectivity index (χ2v) is 4.88. The lowest BCUT2D eigenvalue weighted by atomic mass is 10.3. The minimum absolute atomic E-state index is 0.239. The van der Waals surface area contributed by atoms with Crippen molar-refractivity contribution in [3.8, 4) is 11.5 Å². The fourth-order valence-electron chi connectivity index (χ4n) is 1.45. The standard InChI is InChI=1S/C14H16ClF3N6/c1-7(2)19-12-22-11(9-5-4-6-10(15)21-9)23-13(24-12)20-8(3)14(16,17)18/h4-8H,1-3H3,(H2,19,20,22,23,24)/t8-/m1/s1/i1D3,3D3,4D,5D/t7-,8-. The monoisotopic (exact) mass is 368 g/mol. The smallest absolute Gasteiger partial charge is 0.352 e. The Kier molecular flexibility index (Phi) is 2.98. The fraction of sp³-hybridized carbons (Fsp3) is 0.429. The summed E-state index contributed by atoms with van der Waals surface area (Å²) in [4.78, 5) is 15.0. The van der Waals surface area contributed by atoms with Crippen molar-refractivity contribution in [2.75, 3.05) is 10.6 Å². The largest absolute Gasteiger partial charge is 0.408 e. The van der Waals surface area contributed by atoms with E-state index < -0.39 is 67.5 Å². The predicted molar refractivity (Wildman–Crippen MR) is 86.0 cm³/mol. The number of pyridine rings is 1. The lowest BCUT2D eigenvalue weighted by Gasteiger charge is -2.18. The van der Waals surface area contributed by atoms with Gasteiger partial charge in [-0.15, -0.1) is 0 Å². The van der Waals surface area contributed by atoms with Crippen LogP contribution < -0.4 is 10.6 Å². The Morgan fingerprint density at radius 2 is 1.88 bits per heavy atom. The van der Waals surface area contributed by atoms with Crippen LogP contribution in [0.3, 0.4) is 0 Å². The molecule has 24 heavy (non-hydrogen) atoms. The predicted octanol–water partition coefficient (Wildman–Crippen LogP) is 3.77. The van der Waals surface area contributed by atoms with Gasteiger partial charge in [0.15, 0.2) is 5.82 Å². The first-order valence-corrected chi connectivity index (χ1v) is 6.77. The van der Waals surface area contributed by atoms with Gasteiger partial charge in [-0.1, -0.05) is 17.6 Å². The Labute approximate surface area is 153 Å². The number of rotatable bonds is 5. The fourth-order valence-corrected chi connectivity index (χ4v) is 1.59. The molecule has 0 unspecified atom stereocenters. The molecular formula is C14H16ClF3N6. The van der Waals surface area contributed by atoms with Crippen LogP contribution in [0.1, 0.15) is 31.6 Å². The normalized spacial score (nSPS) is 20.0. The first-order valence-electron chi connectivity index (χ1n) is 10.4. The van der Waals surface area contributed by atoms with Crippen molar-refractivity contribution in [2.45, 2.75) is 38.9 Å². The van der Waals surface area contributed by atoms with E-state index in [0.29, 0.717) is 0 Å². The van der Waals surface area contributed by atoms with Crippen LogP contribution >= 0.6 is 11.6 Å². The Balaban J connectivity index is 2.64. The number of nitrogens with zero attached hydrogens (tertiary/aromatic N) is 4. The number of anilines is 2. The molecule has 2 aromatic heterocycles. The van der Waals surface area contributed by atoms with E-state index in [4.69, 9.17) is 22.6 Å². The number of alkyl halides is 3. The SMILES string of the molecule is [2H]c1cc(Cl)nc(-c2nc(N[C@@H](C)C([2H])([2H])[2H])nc(N[C@H](C([2H])([2H])[2H])C(F)(F)F)n2)c1[2H]. The summed E-state index contributed by atoms with van der Waals surface area (Å²) in [5.41, 5.74) is -0.407. The van der Waals surface area contributed by atoms with Gasteiger partial charge in [0.25, 0.3) is 0 Å². The third-order valence-corrected chi connectivity index (χ3v) is 2.59. The van der Waals surface area contributed by atoms with E-state index in [0.717, 1.165) is 6.07 Å². The Morgan fingerprint density at radius 3 is 2.50 bits per heavy atom. The topological polar surface area (TPSA) is 75.6 Å². The zero-order valence-electron chi connectivity index (χ0n) is 20.0. The quantitative estimate of drug-likeness (QED) is 0.782. The molecule has 2 N–H and O–H groups in total. The molecule has 0 radical (unpaired) electrons. The average Bonchev–Trinajstić information content (AvgIpc) is 2.59. The first-order chi connectivity index (χ1) is 14.4. The van der Waals surface area contributed by atoms with Crippen LogP contribution in [0.25, 0.3) is 11.5 Å². The molecule has 2 heterocycles. The second-order valence-electron chi connectivity index (χ2n) is 4.49. The second kappa shape index (κ2) is 7.16. The van der Waals surface area contributed by atoms with E-state index in [1.165, 1.54) is 6.92 Å². The Hall–Kier alpha value is -2.16. The molecule has 0 fully saturated rings. The molecule has 0 amide bonds. The van der Waals surface area contributed by atoms with Gasteiger partial charge < -0.3 is 10.6 Å². The molecule has 0 bridgehead atoms. The van der Waals surface area contributed by atoms with Crippen molar-refractivity contribution in [1.82, 2.24) is 19.9 Å². The maximum Gasteiger partial charge on any atom is 0.408 e. The van der Waals surface area contributed by atoms with E-state index in [2.05, 4.69) is 25.3 Å². The van der Waals surface area contributed by atoms with E-state index in [1.54, 1.807) is 5.32 Å². The molecular weight excluding hydrogens is 345 g/mol. The third-order valence-electron chi connectivity index (χ3n) is 2.39. The van der Waals surface area contributed by atoms with E-state index in [-0.39, 0.29) is 5.15 Å². The van der Waals surface area contributed by atoms with Crippen LogP contribution in [0, 0.1) is 0 Å². The van der Waals surface area contributed by atoms with Crippen LogP contribution in [0.15, 0.2) is 18.2 Å². The number of hydrogen-bond acceptors (Lipinski definition) is 6. The minimum Gasteiger partial charge on any atom is -0.352 e. The minimum atomic E-state index is -5.22. The number of halogens is 4. The molecule has 0 saturated carbocycles. The molecule has 0 aliphatic heterocycles. The highest BCUT2D eigenvalue weighted by molar-refractivity contribution is 6.29. The van der Waals surface area contributed by atoms with Crippen LogP contribution in [-0.2, 0) is 0 Å². The number of aromatic nitrogens is 4. The number of hydrogen-bond donors (Lipinski definition) is 2. The molecule has 130 valence electrons. The molecule has 0 aromatic carbocycles. The van der Waals surface area contributed by atoms with Crippen LogP contribution in [0.5, 0.6) is 0 Å². The highest BCUT2D eigenvalue weighted by Crippen LogP contribution is 2.24. The summed E-state index contributed by atoms with van der Waals surface area (Å²) in [6.07, 6.45) is -5.22. The Morgan fingerprint density at radius 1 is 1.17 bits per heavy atom. The van der Waals surface area contributed by atoms with Gasteiger partial charge in [0.1, 0.15) is 16.9 Å². The highest BCUT2D eigenvalue weighted by atomic mass is 35.5. The third kappa shape index (κ3) is 4.92. The van der Waals surface area contributed by atoms with Crippen molar-refractivity contribution < 1.29 is 24.1 Å². The molecule has 2 rings (SSSR count). The summed E-state index contributed by atoms with van der Waals surface area (Å²) in [5, 5.41) is 3.81. The summed E-state index contributed by atoms with van der Waals surface area (Å²) >= 11 is 5.79. The van der Waals surface area contributed by atoms with Crippen molar-refractivity contribution >= 4 is 23.5 Å². The van der Waals surface area contributed by atoms with Gasteiger partial charge in [-0.25, -0.2) is 4.98 Å². The summed E-state index contributed by atoms with van der Waals surface area (Å²) in [7, 11) is 0. The zero-order valence-corrected chi connectivity index (χ0v) is 12.8. The maximum absolute atomic E-state index is 13.3. The van der Waals surface area contributed by atoms with Crippen molar-refractivity contribution in [3.63, 3.8) is 0 Å². The summed E-state index contributed by atoms with van der Waals surface area (Å²) in [6.45, 7) is -4.84. The summed E-state index contributed by atoms with van der Waals surface area (Å²) < 4.78 is 99.2. The molecule has 2 aromatic rings. The van der Waals surface area contributed by atoms with Gasteiger partial charge in [-0.3, -0.25) is 0 Å². The van der Waals surface area contributed by atoms with Gasteiger partial charge in [0.2, 0.25) is 11.9 Å². The van der Waals surface area contributed by atoms with Crippen LogP contribution in [-0.4, -0.2) is 38.2 Å². The van der Waals surface area contributed by atoms with Gasteiger partial charge in [-0.05, 0) is 32.7 Å². The van der Waals surface area contributed by atoms with Gasteiger partial charge in [0.05, 0.1) is 2.74 Å². The van der Waals surface area contributed by atoms with Crippen molar-refractivity contribution in [2.24, 2.45) is 0 Å². The van der Waals surface area contributed by atoms with E-state index in [9.17, 15) is 13.2 Å². The molecule has 0 aliphatic carbocycles. The van der Waals surface area contributed by atoms with E-state index in [1.807, 2.05) is 0 Å². The number of nitrogens with one attached hydrogen (secondary N) is 2. The van der Waals surface area contributed by atoms with E-state index >= 15 is 0 Å². The molecule has 0 aliphatic rings. The first kappa shape index (κ1) is 9.97. The van der Waals surface area contributed by atoms with Gasteiger partial charge in [0, 0.05) is 14.3 Å².